The molecule has 176 valence electrons. The number of aromatic nitrogens is 5. The minimum absolute atomic E-state index is 0.138. The minimum atomic E-state index is -0.307. The van der Waals surface area contributed by atoms with E-state index in [1.54, 1.807) is 18.2 Å². The molecule has 3 N–H and O–H groups in total. The summed E-state index contributed by atoms with van der Waals surface area (Å²) >= 11 is 12.6. The van der Waals surface area contributed by atoms with E-state index in [0.717, 1.165) is 0 Å². The number of carbonyl (C=O) groups excluding carboxylic acids is 1. The van der Waals surface area contributed by atoms with E-state index in [1.165, 1.54) is 21.8 Å². The molecule has 1 amide bonds. The number of aryl methyl sites for hydroxylation is 1. The molecule has 13 heteroatoms. The molecule has 1 saturated heterocycles. The van der Waals surface area contributed by atoms with Crippen molar-refractivity contribution >= 4 is 51.7 Å². The van der Waals surface area contributed by atoms with Gasteiger partial charge in [-0.05, 0) is 31.5 Å². The summed E-state index contributed by atoms with van der Waals surface area (Å²) in [5.41, 5.74) is 6.83. The first kappa shape index (κ1) is 22.2. The number of carbonyl (C=O) groups is 1. The largest absolute Gasteiger partial charge is 0.380 e. The molecule has 0 saturated carbocycles. The highest BCUT2D eigenvalue weighted by Crippen LogP contribution is 2.35. The Kier molecular flexibility index (Phi) is 5.66. The summed E-state index contributed by atoms with van der Waals surface area (Å²) < 4.78 is 8.05. The van der Waals surface area contributed by atoms with Crippen molar-refractivity contribution < 1.29 is 9.32 Å². The van der Waals surface area contributed by atoms with E-state index in [4.69, 9.17) is 33.5 Å². The molecule has 4 heterocycles. The van der Waals surface area contributed by atoms with Crippen molar-refractivity contribution in [3.63, 3.8) is 0 Å². The third kappa shape index (κ3) is 3.76. The summed E-state index contributed by atoms with van der Waals surface area (Å²) in [5.74, 6) is 0.467. The molecular formula is C21H20Cl2N8O3. The van der Waals surface area contributed by atoms with E-state index < -0.39 is 0 Å². The topological polar surface area (TPSA) is 137 Å². The van der Waals surface area contributed by atoms with Crippen LogP contribution in [-0.4, -0.2) is 49.5 Å². The number of amides is 1. The third-order valence-electron chi connectivity index (χ3n) is 5.79. The number of anilines is 2. The number of hydrogen-bond acceptors (Lipinski definition) is 8. The highest BCUT2D eigenvalue weighted by Gasteiger charge is 2.29. The summed E-state index contributed by atoms with van der Waals surface area (Å²) in [6, 6.07) is 4.69. The molecule has 1 aliphatic rings. The first-order valence-corrected chi connectivity index (χ1v) is 11.3. The molecule has 0 spiro atoms. The smallest absolute Gasteiger partial charge is 0.350 e. The van der Waals surface area contributed by atoms with Crippen LogP contribution in [0.2, 0.25) is 10.0 Å². The second kappa shape index (κ2) is 8.65. The van der Waals surface area contributed by atoms with Crippen molar-refractivity contribution in [2.45, 2.75) is 25.9 Å². The van der Waals surface area contributed by atoms with Crippen LogP contribution in [0.25, 0.3) is 16.7 Å². The zero-order valence-electron chi connectivity index (χ0n) is 18.0. The maximum absolute atomic E-state index is 12.9. The molecule has 1 fully saturated rings. The number of rotatable bonds is 5. The number of nitrogens with two attached hydrogens (primary N) is 1. The lowest BCUT2D eigenvalue weighted by molar-refractivity contribution is 0.0940. The maximum atomic E-state index is 12.9. The lowest BCUT2D eigenvalue weighted by Gasteiger charge is -2.18. The molecule has 4 aromatic rings. The molecule has 3 aromatic heterocycles. The van der Waals surface area contributed by atoms with Crippen molar-refractivity contribution in [1.82, 2.24) is 29.8 Å². The Hall–Kier alpha value is -3.57. The van der Waals surface area contributed by atoms with Gasteiger partial charge in [0.1, 0.15) is 6.33 Å². The average molecular weight is 503 g/mol. The standard InChI is InChI=1S/C21H20Cl2N8O3/c1-2-31-21(33)30(10-26-31)12-3-4-13(14(22)7-12)20(32)27-11-5-6-29(9-11)19-17-16(15(23)8-25-19)18(24)28-34-17/h3-4,7-8,10-11H,2,5-6,9H2,1H3,(H2,24,28)(H,27,32). The predicted octanol–water partition coefficient (Wildman–Crippen LogP) is 2.49. The van der Waals surface area contributed by atoms with Gasteiger partial charge in [-0.3, -0.25) is 4.79 Å². The van der Waals surface area contributed by atoms with E-state index in [-0.39, 0.29) is 28.5 Å². The number of nitrogen functional groups attached to an aromatic ring is 1. The van der Waals surface area contributed by atoms with Crippen molar-refractivity contribution in [1.29, 1.82) is 0 Å². The zero-order chi connectivity index (χ0) is 24.0. The quantitative estimate of drug-likeness (QED) is 0.424. The Bertz CT molecular complexity index is 1460. The highest BCUT2D eigenvalue weighted by molar-refractivity contribution is 6.36. The lowest BCUT2D eigenvalue weighted by atomic mass is 10.1. The summed E-state index contributed by atoms with van der Waals surface area (Å²) in [5, 5.41) is 12.0. The summed E-state index contributed by atoms with van der Waals surface area (Å²) in [6.45, 7) is 3.44. The van der Waals surface area contributed by atoms with Gasteiger partial charge in [0, 0.05) is 31.9 Å². The van der Waals surface area contributed by atoms with Crippen molar-refractivity contribution in [3.05, 3.63) is 56.8 Å². The SMILES string of the molecule is CCn1ncn(-c2ccc(C(=O)NC3CCN(c4ncc(Cl)c5c(N)noc45)C3)c(Cl)c2)c1=O. The van der Waals surface area contributed by atoms with Gasteiger partial charge >= 0.3 is 5.69 Å². The number of benzene rings is 1. The van der Waals surface area contributed by atoms with Crippen LogP contribution in [0.4, 0.5) is 11.6 Å². The van der Waals surface area contributed by atoms with Crippen LogP contribution in [0, 0.1) is 0 Å². The number of nitrogens with one attached hydrogen (secondary N) is 1. The van der Waals surface area contributed by atoms with Crippen molar-refractivity contribution in [2.75, 3.05) is 23.7 Å². The van der Waals surface area contributed by atoms with Gasteiger partial charge in [0.2, 0.25) is 5.58 Å². The molecule has 5 rings (SSSR count). The second-order valence-corrected chi connectivity index (χ2v) is 8.68. The van der Waals surface area contributed by atoms with Gasteiger partial charge in [0.05, 0.1) is 26.7 Å². The van der Waals surface area contributed by atoms with E-state index in [2.05, 4.69) is 20.6 Å². The average Bonchev–Trinajstić information content (AvgIpc) is 3.53. The van der Waals surface area contributed by atoms with Crippen molar-refractivity contribution in [2.24, 2.45) is 0 Å². The third-order valence-corrected chi connectivity index (χ3v) is 6.39. The minimum Gasteiger partial charge on any atom is -0.380 e. The van der Waals surface area contributed by atoms with Crippen molar-refractivity contribution in [3.8, 4) is 5.69 Å². The van der Waals surface area contributed by atoms with Gasteiger partial charge in [-0.25, -0.2) is 19.0 Å². The Morgan fingerprint density at radius 2 is 2.15 bits per heavy atom. The van der Waals surface area contributed by atoms with E-state index >= 15 is 0 Å². The summed E-state index contributed by atoms with van der Waals surface area (Å²) in [7, 11) is 0. The fourth-order valence-electron chi connectivity index (χ4n) is 4.05. The number of fused-ring (bicyclic) bond motifs is 1. The van der Waals surface area contributed by atoms with Gasteiger partial charge in [0.15, 0.2) is 11.6 Å². The molecule has 0 bridgehead atoms. The highest BCUT2D eigenvalue weighted by atomic mass is 35.5. The fourth-order valence-corrected chi connectivity index (χ4v) is 4.55. The Morgan fingerprint density at radius 1 is 1.32 bits per heavy atom. The van der Waals surface area contributed by atoms with Crippen LogP contribution < -0.4 is 21.6 Å². The number of hydrogen-bond donors (Lipinski definition) is 2. The zero-order valence-corrected chi connectivity index (χ0v) is 19.5. The first-order valence-electron chi connectivity index (χ1n) is 10.6. The number of nitrogens with zero attached hydrogens (tertiary/aromatic N) is 6. The molecule has 11 nitrogen and oxygen atoms in total. The van der Waals surface area contributed by atoms with Crippen LogP contribution in [-0.2, 0) is 6.54 Å². The molecule has 1 aliphatic heterocycles. The molecule has 1 unspecified atom stereocenters. The van der Waals surface area contributed by atoms with Gasteiger partial charge < -0.3 is 20.5 Å². The molecule has 0 aliphatic carbocycles. The van der Waals surface area contributed by atoms with Crippen LogP contribution in [0.3, 0.4) is 0 Å². The van der Waals surface area contributed by atoms with Crippen LogP contribution in [0.15, 0.2) is 40.0 Å². The Balaban J connectivity index is 1.31. The first-order chi connectivity index (χ1) is 16.4. The number of pyridine rings is 1. The van der Waals surface area contributed by atoms with E-state index in [1.807, 2.05) is 11.8 Å². The van der Waals surface area contributed by atoms with Gasteiger partial charge in [-0.1, -0.05) is 28.4 Å². The Labute approximate surface area is 203 Å². The maximum Gasteiger partial charge on any atom is 0.350 e. The van der Waals surface area contributed by atoms with E-state index in [9.17, 15) is 9.59 Å². The number of halogens is 2. The Morgan fingerprint density at radius 3 is 2.88 bits per heavy atom. The van der Waals surface area contributed by atoms with Crippen LogP contribution >= 0.6 is 23.2 Å². The summed E-state index contributed by atoms with van der Waals surface area (Å²) in [6.07, 6.45) is 3.63. The molecular weight excluding hydrogens is 483 g/mol. The molecule has 1 atom stereocenters. The predicted molar refractivity (Wildman–Crippen MR) is 128 cm³/mol. The van der Waals surface area contributed by atoms with Crippen LogP contribution in [0.1, 0.15) is 23.7 Å². The summed E-state index contributed by atoms with van der Waals surface area (Å²) in [4.78, 5) is 31.6. The van der Waals surface area contributed by atoms with E-state index in [0.29, 0.717) is 59.1 Å². The monoisotopic (exact) mass is 502 g/mol. The van der Waals surface area contributed by atoms with Crippen LogP contribution in [0.5, 0.6) is 0 Å². The normalized spacial score (nSPS) is 15.9. The van der Waals surface area contributed by atoms with Gasteiger partial charge in [-0.15, -0.1) is 0 Å². The van der Waals surface area contributed by atoms with Gasteiger partial charge in [0.25, 0.3) is 5.91 Å². The molecule has 1 aromatic carbocycles. The second-order valence-electron chi connectivity index (χ2n) is 7.87. The van der Waals surface area contributed by atoms with Gasteiger partial charge in [-0.2, -0.15) is 5.10 Å². The fraction of sp³-hybridized carbons (Fsp3) is 0.286. The molecule has 34 heavy (non-hydrogen) atoms. The lowest BCUT2D eigenvalue weighted by Crippen LogP contribution is -2.37. The molecule has 0 radical (unpaired) electrons.